The fourth-order valence-electron chi connectivity index (χ4n) is 4.11. The van der Waals surface area contributed by atoms with Gasteiger partial charge in [-0.15, -0.1) is 0 Å². The summed E-state index contributed by atoms with van der Waals surface area (Å²) in [5, 5.41) is 3.05. The zero-order chi connectivity index (χ0) is 22.8. The number of halogens is 2. The number of carbonyl (C=O) groups is 1. The standard InChI is InChI=1S/C24H25F2N3O2S/c1-14-7-3-5-9-19(14)27-22(30)15(2)32-24-28-20-10-6-4-8-17(20)23(31)29(24)21-12-11-16(25)13-18(21)26/h4,6,8,10-15,19H,3,5,7,9H2,1-2H3,(H,27,30). The van der Waals surface area contributed by atoms with Gasteiger partial charge in [-0.3, -0.25) is 14.2 Å². The van der Waals surface area contributed by atoms with Crippen molar-refractivity contribution in [3.05, 3.63) is 64.5 Å². The number of carbonyl (C=O) groups excluding carboxylic acids is 1. The molecule has 3 aromatic rings. The van der Waals surface area contributed by atoms with Crippen LogP contribution in [0.5, 0.6) is 0 Å². The molecule has 0 saturated heterocycles. The fraction of sp³-hybridized carbons (Fsp3) is 0.375. The third kappa shape index (κ3) is 4.55. The predicted molar refractivity (Wildman–Crippen MR) is 122 cm³/mol. The Bertz CT molecular complexity index is 1210. The van der Waals surface area contributed by atoms with E-state index in [0.29, 0.717) is 16.8 Å². The van der Waals surface area contributed by atoms with Crippen molar-refractivity contribution in [2.75, 3.05) is 0 Å². The molecule has 0 radical (unpaired) electrons. The minimum Gasteiger partial charge on any atom is -0.352 e. The Kier molecular flexibility index (Phi) is 6.60. The lowest BCUT2D eigenvalue weighted by atomic mass is 9.86. The van der Waals surface area contributed by atoms with Gasteiger partial charge < -0.3 is 5.32 Å². The highest BCUT2D eigenvalue weighted by Gasteiger charge is 2.27. The maximum Gasteiger partial charge on any atom is 0.266 e. The van der Waals surface area contributed by atoms with Crippen molar-refractivity contribution in [3.63, 3.8) is 0 Å². The second-order valence-electron chi connectivity index (χ2n) is 8.28. The van der Waals surface area contributed by atoms with E-state index in [1.165, 1.54) is 12.5 Å². The van der Waals surface area contributed by atoms with Crippen molar-refractivity contribution in [2.45, 2.75) is 56.0 Å². The van der Waals surface area contributed by atoms with E-state index in [1.807, 2.05) is 0 Å². The monoisotopic (exact) mass is 457 g/mol. The Balaban J connectivity index is 1.71. The summed E-state index contributed by atoms with van der Waals surface area (Å²) < 4.78 is 29.2. The molecule has 168 valence electrons. The van der Waals surface area contributed by atoms with Crippen LogP contribution in [-0.4, -0.2) is 26.8 Å². The van der Waals surface area contributed by atoms with Gasteiger partial charge in [0.05, 0.1) is 21.8 Å². The molecule has 5 nitrogen and oxygen atoms in total. The van der Waals surface area contributed by atoms with Crippen LogP contribution in [0, 0.1) is 17.6 Å². The lowest BCUT2D eigenvalue weighted by molar-refractivity contribution is -0.121. The van der Waals surface area contributed by atoms with E-state index in [0.717, 1.165) is 47.7 Å². The molecule has 2 aromatic carbocycles. The highest BCUT2D eigenvalue weighted by Crippen LogP contribution is 2.28. The quantitative estimate of drug-likeness (QED) is 0.440. The lowest BCUT2D eigenvalue weighted by Gasteiger charge is -2.30. The van der Waals surface area contributed by atoms with Crippen LogP contribution >= 0.6 is 11.8 Å². The lowest BCUT2D eigenvalue weighted by Crippen LogP contribution is -2.44. The number of para-hydroxylation sites is 1. The third-order valence-electron chi connectivity index (χ3n) is 5.99. The van der Waals surface area contributed by atoms with Crippen LogP contribution in [-0.2, 0) is 4.79 Å². The first-order valence-corrected chi connectivity index (χ1v) is 11.7. The largest absolute Gasteiger partial charge is 0.352 e. The normalized spacial score (nSPS) is 19.6. The van der Waals surface area contributed by atoms with Gasteiger partial charge in [0.15, 0.2) is 5.16 Å². The molecule has 1 N–H and O–H groups in total. The van der Waals surface area contributed by atoms with E-state index in [4.69, 9.17) is 0 Å². The summed E-state index contributed by atoms with van der Waals surface area (Å²) in [6, 6.07) is 9.92. The maximum absolute atomic E-state index is 14.6. The van der Waals surface area contributed by atoms with Crippen LogP contribution < -0.4 is 10.9 Å². The predicted octanol–water partition coefficient (Wildman–Crippen LogP) is 4.84. The average molecular weight is 458 g/mol. The van der Waals surface area contributed by atoms with Crippen LogP contribution in [0.25, 0.3) is 16.6 Å². The van der Waals surface area contributed by atoms with Gasteiger partial charge in [0.2, 0.25) is 5.91 Å². The topological polar surface area (TPSA) is 64.0 Å². The highest BCUT2D eigenvalue weighted by atomic mass is 32.2. The van der Waals surface area contributed by atoms with E-state index in [9.17, 15) is 18.4 Å². The van der Waals surface area contributed by atoms with Crippen molar-refractivity contribution in [1.82, 2.24) is 14.9 Å². The summed E-state index contributed by atoms with van der Waals surface area (Å²) in [5.74, 6) is -1.35. The molecular formula is C24H25F2N3O2S. The molecule has 1 heterocycles. The number of nitrogens with zero attached hydrogens (tertiary/aromatic N) is 2. The van der Waals surface area contributed by atoms with Crippen LogP contribution in [0.15, 0.2) is 52.4 Å². The zero-order valence-corrected chi connectivity index (χ0v) is 18.8. The van der Waals surface area contributed by atoms with Gasteiger partial charge >= 0.3 is 0 Å². The zero-order valence-electron chi connectivity index (χ0n) is 18.0. The summed E-state index contributed by atoms with van der Waals surface area (Å²) in [4.78, 5) is 30.7. The molecule has 0 spiro atoms. The van der Waals surface area contributed by atoms with Gasteiger partial charge in [0.25, 0.3) is 5.56 Å². The van der Waals surface area contributed by atoms with Crippen molar-refractivity contribution in [2.24, 2.45) is 5.92 Å². The molecule has 4 rings (SSSR count). The number of hydrogen-bond donors (Lipinski definition) is 1. The number of benzene rings is 2. The first kappa shape index (κ1) is 22.5. The average Bonchev–Trinajstić information content (AvgIpc) is 2.76. The van der Waals surface area contributed by atoms with Crippen molar-refractivity contribution >= 4 is 28.6 Å². The molecule has 0 aliphatic heterocycles. The van der Waals surface area contributed by atoms with E-state index in [-0.39, 0.29) is 22.8 Å². The van der Waals surface area contributed by atoms with Gasteiger partial charge in [-0.1, -0.05) is 43.7 Å². The Labute approximate surface area is 189 Å². The molecule has 1 aliphatic rings. The Hall–Kier alpha value is -2.74. The molecule has 3 atom stereocenters. The fourth-order valence-corrected chi connectivity index (χ4v) is 5.04. The van der Waals surface area contributed by atoms with Crippen molar-refractivity contribution < 1.29 is 13.6 Å². The summed E-state index contributed by atoms with van der Waals surface area (Å²) in [6.45, 7) is 3.88. The molecule has 1 fully saturated rings. The van der Waals surface area contributed by atoms with Gasteiger partial charge in [-0.2, -0.15) is 0 Å². The van der Waals surface area contributed by atoms with Gasteiger partial charge in [-0.05, 0) is 49.9 Å². The van der Waals surface area contributed by atoms with E-state index >= 15 is 0 Å². The second kappa shape index (κ2) is 9.40. The van der Waals surface area contributed by atoms with Crippen LogP contribution in [0.1, 0.15) is 39.5 Å². The summed E-state index contributed by atoms with van der Waals surface area (Å²) in [6.07, 6.45) is 4.30. The highest BCUT2D eigenvalue weighted by molar-refractivity contribution is 8.00. The number of fused-ring (bicyclic) bond motifs is 1. The summed E-state index contributed by atoms with van der Waals surface area (Å²) in [7, 11) is 0. The Morgan fingerprint density at radius 1 is 1.19 bits per heavy atom. The second-order valence-corrected chi connectivity index (χ2v) is 9.59. The molecule has 1 aliphatic carbocycles. The third-order valence-corrected chi connectivity index (χ3v) is 7.04. The van der Waals surface area contributed by atoms with Gasteiger partial charge in [0, 0.05) is 12.1 Å². The van der Waals surface area contributed by atoms with Crippen LogP contribution in [0.4, 0.5) is 8.78 Å². The first-order chi connectivity index (χ1) is 15.3. The summed E-state index contributed by atoms with van der Waals surface area (Å²) in [5.41, 5.74) is -0.130. The molecule has 1 saturated carbocycles. The minimum atomic E-state index is -0.876. The number of rotatable bonds is 5. The molecule has 1 aromatic heterocycles. The molecule has 32 heavy (non-hydrogen) atoms. The number of thioether (sulfide) groups is 1. The van der Waals surface area contributed by atoms with Gasteiger partial charge in [-0.25, -0.2) is 13.8 Å². The summed E-state index contributed by atoms with van der Waals surface area (Å²) >= 11 is 1.08. The van der Waals surface area contributed by atoms with E-state index in [2.05, 4.69) is 17.2 Å². The SMILES string of the molecule is CC(Sc1nc2ccccc2c(=O)n1-c1ccc(F)cc1F)C(=O)NC1CCCCC1C. The van der Waals surface area contributed by atoms with Gasteiger partial charge in [0.1, 0.15) is 11.6 Å². The molecule has 3 unspecified atom stereocenters. The molecule has 1 amide bonds. The Morgan fingerprint density at radius 3 is 2.69 bits per heavy atom. The number of nitrogens with one attached hydrogen (secondary N) is 1. The number of aromatic nitrogens is 2. The van der Waals surface area contributed by atoms with Crippen molar-refractivity contribution in [3.8, 4) is 5.69 Å². The van der Waals surface area contributed by atoms with Crippen molar-refractivity contribution in [1.29, 1.82) is 0 Å². The Morgan fingerprint density at radius 2 is 1.94 bits per heavy atom. The maximum atomic E-state index is 14.6. The van der Waals surface area contributed by atoms with Crippen LogP contribution in [0.3, 0.4) is 0 Å². The van der Waals surface area contributed by atoms with E-state index < -0.39 is 22.4 Å². The minimum absolute atomic E-state index is 0.106. The van der Waals surface area contributed by atoms with E-state index in [1.54, 1.807) is 31.2 Å². The first-order valence-electron chi connectivity index (χ1n) is 10.8. The smallest absolute Gasteiger partial charge is 0.266 e. The number of amides is 1. The molecular weight excluding hydrogens is 432 g/mol. The molecule has 8 heteroatoms. The number of hydrogen-bond acceptors (Lipinski definition) is 4. The van der Waals surface area contributed by atoms with Crippen LogP contribution in [0.2, 0.25) is 0 Å². The molecule has 0 bridgehead atoms.